The van der Waals surface area contributed by atoms with Crippen molar-refractivity contribution in [1.82, 2.24) is 0 Å². The second-order valence-electron chi connectivity index (χ2n) is 11.5. The first-order chi connectivity index (χ1) is 19.2. The van der Waals surface area contributed by atoms with Crippen LogP contribution in [0, 0.1) is 0 Å². The van der Waals surface area contributed by atoms with Crippen LogP contribution in [0.5, 0.6) is 11.5 Å². The van der Waals surface area contributed by atoms with Crippen LogP contribution in [0.3, 0.4) is 0 Å². The summed E-state index contributed by atoms with van der Waals surface area (Å²) in [6.45, 7) is 4.55. The first kappa shape index (κ1) is 37.7. The molecule has 0 atom stereocenters. The number of hydrogen-bond donors (Lipinski definition) is 2. The predicted molar refractivity (Wildman–Crippen MR) is 177 cm³/mol. The molecule has 2 aromatic rings. The molecule has 2 radical (unpaired) electrons. The number of aromatic hydroxyl groups is 2. The minimum Gasteiger partial charge on any atom is -0.507 e. The van der Waals surface area contributed by atoms with E-state index in [0.717, 1.165) is 35.5 Å². The Labute approximate surface area is 281 Å². The maximum Gasteiger partial charge on any atom is 0.129 e. The Bertz CT molecular complexity index is 814. The van der Waals surface area contributed by atoms with Crippen LogP contribution in [0.25, 0.3) is 0 Å². The van der Waals surface area contributed by atoms with E-state index in [0.29, 0.717) is 11.5 Å². The summed E-state index contributed by atoms with van der Waals surface area (Å²) in [4.78, 5) is 1.83. The number of unbranched alkanes of at least 4 members (excludes halogenated alkanes) is 18. The van der Waals surface area contributed by atoms with Crippen LogP contribution in [-0.4, -0.2) is 48.0 Å². The molecule has 0 bridgehead atoms. The van der Waals surface area contributed by atoms with E-state index >= 15 is 0 Å². The minimum atomic E-state index is 0. The number of hydrogen-bond acceptors (Lipinski definition) is 3. The summed E-state index contributed by atoms with van der Waals surface area (Å²) >= 11 is 1.56. The average molecular weight is 595 g/mol. The predicted octanol–water partition coefficient (Wildman–Crippen LogP) is 11.8. The van der Waals surface area contributed by atoms with Crippen molar-refractivity contribution in [2.24, 2.45) is 0 Å². The zero-order valence-electron chi connectivity index (χ0n) is 26.0. The molecule has 0 aliphatic heterocycles. The molecule has 2 nitrogen and oxygen atoms in total. The zero-order chi connectivity index (χ0) is 28.0. The van der Waals surface area contributed by atoms with Crippen molar-refractivity contribution in [2.75, 3.05) is 0 Å². The first-order valence-corrected chi connectivity index (χ1v) is 17.3. The molecule has 0 fully saturated rings. The smallest absolute Gasteiger partial charge is 0.129 e. The van der Waals surface area contributed by atoms with E-state index in [4.69, 9.17) is 0 Å². The Morgan fingerprint density at radius 2 is 0.750 bits per heavy atom. The summed E-state index contributed by atoms with van der Waals surface area (Å²) in [5.41, 5.74) is 2.40. The van der Waals surface area contributed by atoms with Crippen LogP contribution in [0.15, 0.2) is 46.2 Å². The molecule has 0 unspecified atom stereocenters. The maximum absolute atomic E-state index is 10.8. The molecule has 0 saturated heterocycles. The van der Waals surface area contributed by atoms with Crippen molar-refractivity contribution >= 4 is 49.5 Å². The van der Waals surface area contributed by atoms with Crippen molar-refractivity contribution in [1.29, 1.82) is 0 Å². The molecule has 4 heteroatoms. The Morgan fingerprint density at radius 1 is 0.450 bits per heavy atom. The van der Waals surface area contributed by atoms with Crippen molar-refractivity contribution in [3.8, 4) is 11.5 Å². The third kappa shape index (κ3) is 16.3. The van der Waals surface area contributed by atoms with E-state index in [1.807, 2.05) is 12.1 Å². The second kappa shape index (κ2) is 25.2. The van der Waals surface area contributed by atoms with Gasteiger partial charge in [-0.1, -0.05) is 165 Å². The summed E-state index contributed by atoms with van der Waals surface area (Å²) in [5, 5.41) is 21.5. The summed E-state index contributed by atoms with van der Waals surface area (Å²) in [6.07, 6.45) is 28.5. The fourth-order valence-corrected chi connectivity index (χ4v) is 6.63. The van der Waals surface area contributed by atoms with Crippen molar-refractivity contribution in [3.05, 3.63) is 47.5 Å². The minimum absolute atomic E-state index is 0. The van der Waals surface area contributed by atoms with Crippen LogP contribution >= 0.6 is 11.8 Å². The molecule has 2 N–H and O–H groups in total. The van der Waals surface area contributed by atoms with Gasteiger partial charge in [-0.3, -0.25) is 0 Å². The van der Waals surface area contributed by atoms with Gasteiger partial charge in [0.05, 0.1) is 9.79 Å². The van der Waals surface area contributed by atoms with Crippen molar-refractivity contribution < 1.29 is 10.2 Å². The number of aryl methyl sites for hydroxylation is 2. The third-order valence-corrected chi connectivity index (χ3v) is 9.31. The summed E-state index contributed by atoms with van der Waals surface area (Å²) in [5.74, 6) is 0.662. The van der Waals surface area contributed by atoms with Gasteiger partial charge in [0.2, 0.25) is 0 Å². The third-order valence-electron chi connectivity index (χ3n) is 7.96. The molecule has 0 aromatic heterocycles. The molecule has 0 amide bonds. The fraction of sp³-hybridized carbons (Fsp3) is 0.667. The quantitative estimate of drug-likeness (QED) is 0.0938. The van der Waals surface area contributed by atoms with Gasteiger partial charge in [-0.2, -0.15) is 0 Å². The SMILES string of the molecule is CCCCCCCCCCCCc1cccc(O)c1Sc1c(O)cccc1CCCCCCCCCCCC.[Ca]. The van der Waals surface area contributed by atoms with E-state index in [-0.39, 0.29) is 37.7 Å². The van der Waals surface area contributed by atoms with Gasteiger partial charge in [0, 0.05) is 37.7 Å². The van der Waals surface area contributed by atoms with Crippen LogP contribution in [0.4, 0.5) is 0 Å². The van der Waals surface area contributed by atoms with Crippen molar-refractivity contribution in [3.63, 3.8) is 0 Å². The molecule has 0 spiro atoms. The maximum atomic E-state index is 10.8. The molecule has 222 valence electrons. The van der Waals surface area contributed by atoms with E-state index in [2.05, 4.69) is 26.0 Å². The van der Waals surface area contributed by atoms with Gasteiger partial charge in [-0.15, -0.1) is 0 Å². The van der Waals surface area contributed by atoms with Crippen LogP contribution < -0.4 is 0 Å². The Hall–Kier alpha value is -0.350. The zero-order valence-corrected chi connectivity index (χ0v) is 29.1. The molecule has 2 rings (SSSR count). The monoisotopic (exact) mass is 594 g/mol. The van der Waals surface area contributed by atoms with Gasteiger partial charge in [-0.25, -0.2) is 0 Å². The number of rotatable bonds is 24. The van der Waals surface area contributed by atoms with Gasteiger partial charge in [0.25, 0.3) is 0 Å². The average Bonchev–Trinajstić information content (AvgIpc) is 2.93. The summed E-state index contributed by atoms with van der Waals surface area (Å²) < 4.78 is 0. The Balaban J connectivity index is 0.00000800. The molecule has 0 heterocycles. The van der Waals surface area contributed by atoms with Gasteiger partial charge in [-0.05, 0) is 48.9 Å². The molecule has 40 heavy (non-hydrogen) atoms. The van der Waals surface area contributed by atoms with Crippen LogP contribution in [-0.2, 0) is 12.8 Å². The molecule has 2 aromatic carbocycles. The van der Waals surface area contributed by atoms with Gasteiger partial charge >= 0.3 is 0 Å². The molecule has 0 aliphatic carbocycles. The largest absolute Gasteiger partial charge is 0.507 e. The van der Waals surface area contributed by atoms with E-state index in [9.17, 15) is 10.2 Å². The molecular weight excluding hydrogens is 537 g/mol. The van der Waals surface area contributed by atoms with Crippen LogP contribution in [0.1, 0.15) is 153 Å². The Morgan fingerprint density at radius 3 is 1.07 bits per heavy atom. The van der Waals surface area contributed by atoms with Gasteiger partial charge in [0.1, 0.15) is 11.5 Å². The summed E-state index contributed by atoms with van der Waals surface area (Å²) in [7, 11) is 0. The van der Waals surface area contributed by atoms with Gasteiger partial charge in [0.15, 0.2) is 0 Å². The summed E-state index contributed by atoms with van der Waals surface area (Å²) in [6, 6.07) is 11.8. The fourth-order valence-electron chi connectivity index (χ4n) is 5.48. The van der Waals surface area contributed by atoms with E-state index in [1.54, 1.807) is 23.9 Å². The number of benzene rings is 2. The Kier molecular flexibility index (Phi) is 23.7. The van der Waals surface area contributed by atoms with E-state index in [1.165, 1.54) is 127 Å². The second-order valence-corrected chi connectivity index (χ2v) is 12.5. The first-order valence-electron chi connectivity index (χ1n) is 16.5. The topological polar surface area (TPSA) is 40.5 Å². The van der Waals surface area contributed by atoms with Crippen molar-refractivity contribution in [2.45, 2.75) is 165 Å². The van der Waals surface area contributed by atoms with E-state index < -0.39 is 0 Å². The number of phenols is 2. The molecular formula is C36H58CaO2S. The molecule has 0 aliphatic rings. The normalized spacial score (nSPS) is 11.1. The van der Waals surface area contributed by atoms with Crippen LogP contribution in [0.2, 0.25) is 0 Å². The molecule has 0 saturated carbocycles. The van der Waals surface area contributed by atoms with Gasteiger partial charge < -0.3 is 10.2 Å². The number of phenolic OH excluding ortho intramolecular Hbond substituents is 2. The standard InChI is InChI=1S/C36H58O2S.Ca/c1-3-5-7-9-11-13-15-17-19-21-25-31-27-23-29-33(37)35(31)39-36-32(28-24-30-34(36)38)26-22-20-18-16-14-12-10-8-6-4-2;/h23-24,27-30,37-38H,3-22,25-26H2,1-2H3;.